The van der Waals surface area contributed by atoms with Crippen molar-refractivity contribution in [2.45, 2.75) is 24.4 Å². The largest absolute Gasteiger partial charge is 0.357 e. The predicted molar refractivity (Wildman–Crippen MR) is 138 cm³/mol. The van der Waals surface area contributed by atoms with Gasteiger partial charge in [0.25, 0.3) is 10.0 Å². The normalized spacial score (nSPS) is 12.0. The van der Waals surface area contributed by atoms with Gasteiger partial charge in [0.15, 0.2) is 0 Å². The highest BCUT2D eigenvalue weighted by Gasteiger charge is 2.32. The molecule has 3 aromatic rings. The number of hydrogen-bond donors (Lipinski definition) is 1. The lowest BCUT2D eigenvalue weighted by atomic mass is 10.1. The monoisotopic (exact) mass is 533 g/mol. The average molecular weight is 534 g/mol. The molecule has 0 heterocycles. The number of carbonyl (C=O) groups is 2. The molecule has 0 aliphatic heterocycles. The summed E-state index contributed by atoms with van der Waals surface area (Å²) < 4.78 is 28.2. The van der Waals surface area contributed by atoms with E-state index in [0.717, 1.165) is 4.31 Å². The van der Waals surface area contributed by atoms with E-state index in [1.165, 1.54) is 36.2 Å². The van der Waals surface area contributed by atoms with Crippen LogP contribution in [0.25, 0.3) is 0 Å². The van der Waals surface area contributed by atoms with Gasteiger partial charge in [0.1, 0.15) is 12.6 Å². The van der Waals surface area contributed by atoms with Gasteiger partial charge in [0.2, 0.25) is 11.8 Å². The summed E-state index contributed by atoms with van der Waals surface area (Å²) in [5.74, 6) is -0.935. The number of carbonyl (C=O) groups excluding carboxylic acids is 2. The zero-order chi connectivity index (χ0) is 25.6. The van der Waals surface area contributed by atoms with E-state index in [1.54, 1.807) is 61.5 Å². The van der Waals surface area contributed by atoms with E-state index in [0.29, 0.717) is 21.3 Å². The molecule has 3 rings (SSSR count). The second kappa shape index (κ2) is 11.6. The van der Waals surface area contributed by atoms with Crippen molar-refractivity contribution in [2.75, 3.05) is 17.9 Å². The highest BCUT2D eigenvalue weighted by Crippen LogP contribution is 2.25. The van der Waals surface area contributed by atoms with Gasteiger partial charge in [-0.2, -0.15) is 0 Å². The number of likely N-dealkylation sites (N-methyl/N-ethyl adjacent to an activating group) is 1. The number of sulfonamides is 1. The number of anilines is 1. The first-order valence-corrected chi connectivity index (χ1v) is 12.9. The third kappa shape index (κ3) is 6.54. The minimum atomic E-state index is -4.13. The molecule has 0 radical (unpaired) electrons. The maximum absolute atomic E-state index is 13.6. The number of amides is 2. The lowest BCUT2D eigenvalue weighted by molar-refractivity contribution is -0.139. The number of halogens is 2. The van der Waals surface area contributed by atoms with E-state index in [-0.39, 0.29) is 17.3 Å². The van der Waals surface area contributed by atoms with Crippen LogP contribution in [0, 0.1) is 0 Å². The maximum atomic E-state index is 13.6. The topological polar surface area (TPSA) is 86.8 Å². The first-order chi connectivity index (χ1) is 16.6. The van der Waals surface area contributed by atoms with Crippen LogP contribution in [0.5, 0.6) is 0 Å². The SMILES string of the molecule is CNC(=O)C(C)N(Cc1cccc(Cl)c1)C(=O)CN(c1ccccc1)S(=O)(=O)c1ccc(Cl)cc1. The van der Waals surface area contributed by atoms with Crippen LogP contribution in [0.2, 0.25) is 10.0 Å². The molecule has 0 saturated heterocycles. The number of benzene rings is 3. The maximum Gasteiger partial charge on any atom is 0.264 e. The van der Waals surface area contributed by atoms with Gasteiger partial charge < -0.3 is 10.2 Å². The minimum absolute atomic E-state index is 0.0145. The van der Waals surface area contributed by atoms with E-state index in [2.05, 4.69) is 5.32 Å². The van der Waals surface area contributed by atoms with Crippen LogP contribution in [0.1, 0.15) is 12.5 Å². The van der Waals surface area contributed by atoms with Crippen LogP contribution in [0.4, 0.5) is 5.69 Å². The highest BCUT2D eigenvalue weighted by atomic mass is 35.5. The van der Waals surface area contributed by atoms with Crippen molar-refractivity contribution in [1.29, 1.82) is 0 Å². The molecule has 184 valence electrons. The summed E-state index contributed by atoms with van der Waals surface area (Å²) in [4.78, 5) is 27.4. The molecule has 0 spiro atoms. The third-order valence-corrected chi connectivity index (χ3v) is 7.66. The Morgan fingerprint density at radius 1 is 0.914 bits per heavy atom. The van der Waals surface area contributed by atoms with Crippen LogP contribution < -0.4 is 9.62 Å². The Labute approximate surface area is 215 Å². The Kier molecular flexibility index (Phi) is 8.77. The van der Waals surface area contributed by atoms with E-state index in [1.807, 2.05) is 0 Å². The zero-order valence-electron chi connectivity index (χ0n) is 19.2. The first kappa shape index (κ1) is 26.5. The summed E-state index contributed by atoms with van der Waals surface area (Å²) in [6.07, 6.45) is 0. The van der Waals surface area contributed by atoms with Gasteiger partial charge in [-0.05, 0) is 61.0 Å². The molecule has 35 heavy (non-hydrogen) atoms. The summed E-state index contributed by atoms with van der Waals surface area (Å²) in [6, 6.07) is 20.1. The molecular weight excluding hydrogens is 509 g/mol. The van der Waals surface area contributed by atoms with Crippen LogP contribution in [-0.4, -0.2) is 44.8 Å². The van der Waals surface area contributed by atoms with Gasteiger partial charge in [0, 0.05) is 23.6 Å². The van der Waals surface area contributed by atoms with Crippen molar-refractivity contribution in [3.63, 3.8) is 0 Å². The molecule has 0 saturated carbocycles. The fraction of sp³-hybridized carbons (Fsp3) is 0.200. The number of hydrogen-bond acceptors (Lipinski definition) is 4. The second-order valence-electron chi connectivity index (χ2n) is 7.74. The molecule has 0 bridgehead atoms. The molecule has 1 N–H and O–H groups in total. The van der Waals surface area contributed by atoms with Crippen molar-refractivity contribution < 1.29 is 18.0 Å². The van der Waals surface area contributed by atoms with E-state index < -0.39 is 28.5 Å². The Morgan fingerprint density at radius 2 is 1.57 bits per heavy atom. The van der Waals surface area contributed by atoms with Crippen LogP contribution in [0.15, 0.2) is 83.8 Å². The smallest absolute Gasteiger partial charge is 0.264 e. The van der Waals surface area contributed by atoms with Gasteiger partial charge >= 0.3 is 0 Å². The van der Waals surface area contributed by atoms with Gasteiger partial charge in [-0.1, -0.05) is 53.5 Å². The van der Waals surface area contributed by atoms with Gasteiger partial charge in [-0.3, -0.25) is 13.9 Å². The molecule has 0 aromatic heterocycles. The van der Waals surface area contributed by atoms with E-state index in [4.69, 9.17) is 23.2 Å². The zero-order valence-corrected chi connectivity index (χ0v) is 21.5. The molecule has 0 aliphatic carbocycles. The molecule has 3 aromatic carbocycles. The molecule has 0 aliphatic rings. The van der Waals surface area contributed by atoms with Crippen molar-refractivity contribution in [1.82, 2.24) is 10.2 Å². The summed E-state index contributed by atoms with van der Waals surface area (Å²) in [6.45, 7) is 1.14. The van der Waals surface area contributed by atoms with Crippen LogP contribution in [0.3, 0.4) is 0 Å². The number of nitrogens with one attached hydrogen (secondary N) is 1. The predicted octanol–water partition coefficient (Wildman–Crippen LogP) is 4.35. The molecule has 1 atom stereocenters. The lowest BCUT2D eigenvalue weighted by Gasteiger charge is -2.31. The molecule has 2 amide bonds. The molecule has 10 heteroatoms. The van der Waals surface area contributed by atoms with Crippen LogP contribution >= 0.6 is 23.2 Å². The molecule has 7 nitrogen and oxygen atoms in total. The van der Waals surface area contributed by atoms with Crippen LogP contribution in [-0.2, 0) is 26.2 Å². The Hall–Kier alpha value is -3.07. The molecular formula is C25H25Cl2N3O4S. The molecule has 1 unspecified atom stereocenters. The summed E-state index contributed by atoms with van der Waals surface area (Å²) in [7, 11) is -2.65. The standard InChI is InChI=1S/C25H25Cl2N3O4S/c1-18(25(32)28-2)29(16-19-7-6-8-21(27)15-19)24(31)17-30(22-9-4-3-5-10-22)35(33,34)23-13-11-20(26)12-14-23/h3-15,18H,16-17H2,1-2H3,(H,28,32). The number of nitrogens with zero attached hydrogens (tertiary/aromatic N) is 2. The fourth-order valence-electron chi connectivity index (χ4n) is 3.48. The fourth-order valence-corrected chi connectivity index (χ4v) is 5.23. The highest BCUT2D eigenvalue weighted by molar-refractivity contribution is 7.92. The van der Waals surface area contributed by atoms with Crippen molar-refractivity contribution in [2.24, 2.45) is 0 Å². The number of para-hydroxylation sites is 1. The van der Waals surface area contributed by atoms with Gasteiger partial charge in [-0.15, -0.1) is 0 Å². The Bertz CT molecular complexity index is 1290. The van der Waals surface area contributed by atoms with Crippen molar-refractivity contribution in [3.05, 3.63) is 94.5 Å². The molecule has 0 fully saturated rings. The Balaban J connectivity index is 2.00. The lowest BCUT2D eigenvalue weighted by Crippen LogP contribution is -2.50. The third-order valence-electron chi connectivity index (χ3n) is 5.38. The van der Waals surface area contributed by atoms with Crippen molar-refractivity contribution in [3.8, 4) is 0 Å². The van der Waals surface area contributed by atoms with Gasteiger partial charge in [0.05, 0.1) is 10.6 Å². The summed E-state index contributed by atoms with van der Waals surface area (Å²) in [5.41, 5.74) is 1.01. The van der Waals surface area contributed by atoms with Gasteiger partial charge in [-0.25, -0.2) is 8.42 Å². The number of rotatable bonds is 9. The second-order valence-corrected chi connectivity index (χ2v) is 10.5. The Morgan fingerprint density at radius 3 is 2.17 bits per heavy atom. The minimum Gasteiger partial charge on any atom is -0.357 e. The van der Waals surface area contributed by atoms with Crippen molar-refractivity contribution >= 4 is 50.7 Å². The van der Waals surface area contributed by atoms with E-state index in [9.17, 15) is 18.0 Å². The first-order valence-electron chi connectivity index (χ1n) is 10.7. The summed E-state index contributed by atoms with van der Waals surface area (Å²) >= 11 is 12.0. The average Bonchev–Trinajstić information content (AvgIpc) is 2.85. The quantitative estimate of drug-likeness (QED) is 0.442. The van der Waals surface area contributed by atoms with E-state index >= 15 is 0 Å². The summed E-state index contributed by atoms with van der Waals surface area (Å²) in [5, 5.41) is 3.41.